The minimum Gasteiger partial charge on any atom is -0.457 e. The third kappa shape index (κ3) is 6.51. The second-order valence-corrected chi connectivity index (χ2v) is 12.2. The van der Waals surface area contributed by atoms with Crippen LogP contribution in [0.1, 0.15) is 46.1 Å². The summed E-state index contributed by atoms with van der Waals surface area (Å²) in [5.74, 6) is 1.70. The van der Waals surface area contributed by atoms with Crippen LogP contribution in [-0.4, -0.2) is 72.8 Å². The van der Waals surface area contributed by atoms with Crippen molar-refractivity contribution in [1.82, 2.24) is 29.5 Å². The molecule has 1 atom stereocenters. The predicted octanol–water partition coefficient (Wildman–Crippen LogP) is 5.60. The standard InChI is InChI=1S/C33H37N7O4/c1-33(2,3)44-32(42)39(23-13-14-23)18-7-10-27(41)38-19-17-24(20-38)40-31-28(30(34)35-21-36-31)29(37-40)22-11-15-26(16-12-22)43-25-8-5-4-6-9-25/h4-12,15-16,21,23-24H,13-14,17-20H2,1-3H3,(H2,34,35,36)/b10-7+/t24-/m1/s1. The fourth-order valence-corrected chi connectivity index (χ4v) is 5.35. The molecule has 2 aromatic heterocycles. The van der Waals surface area contributed by atoms with E-state index in [1.54, 1.807) is 22.0 Å². The fourth-order valence-electron chi connectivity index (χ4n) is 5.35. The molecular weight excluding hydrogens is 558 g/mol. The van der Waals surface area contributed by atoms with Crippen LogP contribution in [0, 0.1) is 0 Å². The van der Waals surface area contributed by atoms with E-state index in [2.05, 4.69) is 9.97 Å². The van der Waals surface area contributed by atoms with Gasteiger partial charge in [0.15, 0.2) is 5.65 Å². The Kier molecular flexibility index (Phi) is 7.94. The number of nitrogen functional groups attached to an aromatic ring is 1. The second kappa shape index (κ2) is 12.0. The molecule has 1 saturated carbocycles. The molecule has 6 rings (SSSR count). The minimum absolute atomic E-state index is 0.0803. The Labute approximate surface area is 256 Å². The zero-order valence-electron chi connectivity index (χ0n) is 25.2. The molecule has 0 unspecified atom stereocenters. The average Bonchev–Trinajstić information content (AvgIpc) is 3.56. The summed E-state index contributed by atoms with van der Waals surface area (Å²) in [6, 6.07) is 17.3. The average molecular weight is 596 g/mol. The molecule has 2 aromatic carbocycles. The number of likely N-dealkylation sites (tertiary alicyclic amines) is 1. The van der Waals surface area contributed by atoms with Crippen molar-refractivity contribution >= 4 is 28.9 Å². The third-order valence-electron chi connectivity index (χ3n) is 7.62. The summed E-state index contributed by atoms with van der Waals surface area (Å²) in [4.78, 5) is 38.0. The maximum Gasteiger partial charge on any atom is 0.410 e. The SMILES string of the molecule is CC(C)(C)OC(=O)N(C/C=C/C(=O)N1CC[C@@H](n2nc(-c3ccc(Oc4ccccc4)cc3)c3c(N)ncnc32)C1)C1CC1. The zero-order valence-corrected chi connectivity index (χ0v) is 25.2. The van der Waals surface area contributed by atoms with Crippen LogP contribution in [0.3, 0.4) is 0 Å². The van der Waals surface area contributed by atoms with Gasteiger partial charge in [0.1, 0.15) is 34.9 Å². The van der Waals surface area contributed by atoms with Crippen molar-refractivity contribution < 1.29 is 19.1 Å². The number of hydrogen-bond acceptors (Lipinski definition) is 8. The van der Waals surface area contributed by atoms with E-state index in [0.717, 1.165) is 30.6 Å². The number of amides is 2. The molecule has 3 heterocycles. The van der Waals surface area contributed by atoms with Gasteiger partial charge in [-0.2, -0.15) is 5.10 Å². The number of para-hydroxylation sites is 1. The lowest BCUT2D eigenvalue weighted by Crippen LogP contribution is -2.38. The van der Waals surface area contributed by atoms with Gasteiger partial charge in [-0.25, -0.2) is 19.4 Å². The van der Waals surface area contributed by atoms with Gasteiger partial charge < -0.3 is 25.0 Å². The molecule has 11 heteroatoms. The van der Waals surface area contributed by atoms with Crippen LogP contribution in [-0.2, 0) is 9.53 Å². The summed E-state index contributed by atoms with van der Waals surface area (Å²) in [6.45, 7) is 6.94. The quantitative estimate of drug-likeness (QED) is 0.261. The Morgan fingerprint density at radius 2 is 1.75 bits per heavy atom. The van der Waals surface area contributed by atoms with Gasteiger partial charge in [0.2, 0.25) is 5.91 Å². The molecule has 2 amide bonds. The molecule has 2 fully saturated rings. The fraction of sp³-hybridized carbons (Fsp3) is 0.364. The van der Waals surface area contributed by atoms with E-state index >= 15 is 0 Å². The normalized spacial score (nSPS) is 16.9. The molecule has 1 aliphatic carbocycles. The first-order chi connectivity index (χ1) is 21.2. The number of aromatic nitrogens is 4. The molecule has 0 bridgehead atoms. The zero-order chi connectivity index (χ0) is 30.8. The summed E-state index contributed by atoms with van der Waals surface area (Å²) in [6.07, 6.45) is 7.01. The van der Waals surface area contributed by atoms with E-state index in [0.29, 0.717) is 47.9 Å². The number of ether oxygens (including phenoxy) is 2. The molecule has 2 N–H and O–H groups in total. The van der Waals surface area contributed by atoms with Crippen molar-refractivity contribution in [1.29, 1.82) is 0 Å². The summed E-state index contributed by atoms with van der Waals surface area (Å²) in [5, 5.41) is 5.63. The maximum atomic E-state index is 13.1. The summed E-state index contributed by atoms with van der Waals surface area (Å²) < 4.78 is 13.4. The first-order valence-corrected chi connectivity index (χ1v) is 14.9. The van der Waals surface area contributed by atoms with E-state index in [-0.39, 0.29) is 24.1 Å². The van der Waals surface area contributed by atoms with E-state index in [1.165, 1.54) is 6.33 Å². The number of nitrogens with zero attached hydrogens (tertiary/aromatic N) is 6. The van der Waals surface area contributed by atoms with E-state index in [4.69, 9.17) is 20.3 Å². The number of hydrogen-bond donors (Lipinski definition) is 1. The number of carbonyl (C=O) groups excluding carboxylic acids is 2. The summed E-state index contributed by atoms with van der Waals surface area (Å²) >= 11 is 0. The molecule has 1 aliphatic heterocycles. The van der Waals surface area contributed by atoms with Crippen molar-refractivity contribution in [2.45, 2.75) is 57.7 Å². The number of fused-ring (bicyclic) bond motifs is 1. The van der Waals surface area contributed by atoms with Crippen LogP contribution in [0.2, 0.25) is 0 Å². The highest BCUT2D eigenvalue weighted by Gasteiger charge is 2.35. The van der Waals surface area contributed by atoms with Gasteiger partial charge in [-0.05, 0) is 76.4 Å². The Hall–Kier alpha value is -4.93. The molecule has 2 aliphatic rings. The van der Waals surface area contributed by atoms with Crippen molar-refractivity contribution in [2.75, 3.05) is 25.4 Å². The third-order valence-corrected chi connectivity index (χ3v) is 7.62. The number of anilines is 1. The number of nitrogens with two attached hydrogens (primary N) is 1. The summed E-state index contributed by atoms with van der Waals surface area (Å²) in [7, 11) is 0. The lowest BCUT2D eigenvalue weighted by atomic mass is 10.1. The van der Waals surface area contributed by atoms with Gasteiger partial charge >= 0.3 is 6.09 Å². The predicted molar refractivity (Wildman–Crippen MR) is 167 cm³/mol. The first kappa shape index (κ1) is 29.2. The van der Waals surface area contributed by atoms with Gasteiger partial charge in [-0.15, -0.1) is 0 Å². The Bertz CT molecular complexity index is 1670. The molecule has 0 radical (unpaired) electrons. The number of rotatable bonds is 8. The van der Waals surface area contributed by atoms with E-state index in [9.17, 15) is 9.59 Å². The summed E-state index contributed by atoms with van der Waals surface area (Å²) in [5.41, 5.74) is 7.93. The van der Waals surface area contributed by atoms with Gasteiger partial charge in [0.05, 0.1) is 11.4 Å². The van der Waals surface area contributed by atoms with Crippen molar-refractivity contribution in [3.05, 3.63) is 73.1 Å². The van der Waals surface area contributed by atoms with E-state index in [1.807, 2.05) is 80.1 Å². The minimum atomic E-state index is -0.569. The van der Waals surface area contributed by atoms with Crippen LogP contribution in [0.5, 0.6) is 11.5 Å². The van der Waals surface area contributed by atoms with Crippen LogP contribution in [0.25, 0.3) is 22.3 Å². The second-order valence-electron chi connectivity index (χ2n) is 12.2. The molecular formula is C33H37N7O4. The lowest BCUT2D eigenvalue weighted by molar-refractivity contribution is -0.125. The number of benzene rings is 2. The van der Waals surface area contributed by atoms with Crippen molar-refractivity contribution in [3.63, 3.8) is 0 Å². The Morgan fingerprint density at radius 3 is 2.45 bits per heavy atom. The van der Waals surface area contributed by atoms with Crippen LogP contribution >= 0.6 is 0 Å². The molecule has 228 valence electrons. The highest BCUT2D eigenvalue weighted by molar-refractivity contribution is 5.98. The topological polar surface area (TPSA) is 129 Å². The maximum absolute atomic E-state index is 13.1. The highest BCUT2D eigenvalue weighted by Crippen LogP contribution is 2.35. The van der Waals surface area contributed by atoms with Gasteiger partial charge in [-0.1, -0.05) is 24.3 Å². The monoisotopic (exact) mass is 595 g/mol. The smallest absolute Gasteiger partial charge is 0.410 e. The van der Waals surface area contributed by atoms with Crippen LogP contribution < -0.4 is 10.5 Å². The van der Waals surface area contributed by atoms with Crippen molar-refractivity contribution in [2.24, 2.45) is 0 Å². The van der Waals surface area contributed by atoms with Gasteiger partial charge in [-0.3, -0.25) is 4.79 Å². The van der Waals surface area contributed by atoms with Crippen LogP contribution in [0.4, 0.5) is 10.6 Å². The molecule has 4 aromatic rings. The molecule has 11 nitrogen and oxygen atoms in total. The first-order valence-electron chi connectivity index (χ1n) is 14.9. The molecule has 44 heavy (non-hydrogen) atoms. The Morgan fingerprint density at radius 1 is 1.02 bits per heavy atom. The highest BCUT2D eigenvalue weighted by atomic mass is 16.6. The largest absolute Gasteiger partial charge is 0.457 e. The van der Waals surface area contributed by atoms with Crippen molar-refractivity contribution in [3.8, 4) is 22.8 Å². The molecule has 0 spiro atoms. The molecule has 1 saturated heterocycles. The van der Waals surface area contributed by atoms with Gasteiger partial charge in [0.25, 0.3) is 0 Å². The lowest BCUT2D eigenvalue weighted by Gasteiger charge is -2.26. The van der Waals surface area contributed by atoms with Gasteiger partial charge in [0, 0.05) is 37.3 Å². The Balaban J connectivity index is 1.15. The number of carbonyl (C=O) groups is 2. The van der Waals surface area contributed by atoms with Crippen LogP contribution in [0.15, 0.2) is 73.1 Å². The van der Waals surface area contributed by atoms with E-state index < -0.39 is 5.60 Å².